The average molecular weight is 349 g/mol. The maximum absolute atomic E-state index is 12.4. The van der Waals surface area contributed by atoms with Crippen LogP contribution in [0, 0.1) is 0 Å². The summed E-state index contributed by atoms with van der Waals surface area (Å²) in [5.41, 5.74) is 1.81. The number of benzene rings is 2. The zero-order chi connectivity index (χ0) is 16.7. The maximum Gasteiger partial charge on any atom is 0.261 e. The van der Waals surface area contributed by atoms with Gasteiger partial charge < -0.3 is 0 Å². The molecular formula is C16H15NO4S2. The molecule has 5 nitrogen and oxygen atoms in total. The molecule has 0 spiro atoms. The minimum Gasteiger partial charge on any atom is -0.280 e. The van der Waals surface area contributed by atoms with Crippen LogP contribution in [0.1, 0.15) is 18.1 Å². The van der Waals surface area contributed by atoms with Gasteiger partial charge in [0.05, 0.1) is 15.5 Å². The molecule has 0 aromatic heterocycles. The Bertz CT molecular complexity index is 989. The first-order valence-corrected chi connectivity index (χ1v) is 10.0. The first-order valence-electron chi connectivity index (χ1n) is 7.01. The molecule has 2 aromatic rings. The lowest BCUT2D eigenvalue weighted by molar-refractivity contribution is 0.600. The van der Waals surface area contributed by atoms with Gasteiger partial charge >= 0.3 is 0 Å². The SMILES string of the molecule is CCc1ccc(S(=O)(=O)Nc2ccc3c(c2)S(=O)(=O)C=C3)cc1. The molecule has 0 radical (unpaired) electrons. The first-order chi connectivity index (χ1) is 10.8. The molecule has 0 saturated heterocycles. The Balaban J connectivity index is 1.92. The van der Waals surface area contributed by atoms with Gasteiger partial charge in [0.25, 0.3) is 10.0 Å². The highest BCUT2D eigenvalue weighted by Crippen LogP contribution is 2.30. The summed E-state index contributed by atoms with van der Waals surface area (Å²) in [6.07, 6.45) is 2.32. The van der Waals surface area contributed by atoms with Gasteiger partial charge in [0.1, 0.15) is 0 Å². The van der Waals surface area contributed by atoms with E-state index in [1.165, 1.54) is 24.3 Å². The van der Waals surface area contributed by atoms with Gasteiger partial charge in [-0.25, -0.2) is 16.8 Å². The predicted octanol–water partition coefficient (Wildman–Crippen LogP) is 2.81. The molecule has 1 aliphatic rings. The second-order valence-electron chi connectivity index (χ2n) is 5.20. The summed E-state index contributed by atoms with van der Waals surface area (Å²) in [5, 5.41) is 1.11. The Morgan fingerprint density at radius 3 is 2.39 bits per heavy atom. The zero-order valence-electron chi connectivity index (χ0n) is 12.4. The minimum atomic E-state index is -3.76. The molecule has 0 saturated carbocycles. The molecule has 0 unspecified atom stereocenters. The highest BCUT2D eigenvalue weighted by Gasteiger charge is 2.22. The van der Waals surface area contributed by atoms with Crippen LogP contribution < -0.4 is 4.72 Å². The number of hydrogen-bond donors (Lipinski definition) is 1. The molecule has 0 fully saturated rings. The minimum absolute atomic E-state index is 0.110. The Hall–Kier alpha value is -2.12. The lowest BCUT2D eigenvalue weighted by Gasteiger charge is -2.10. The van der Waals surface area contributed by atoms with E-state index in [0.717, 1.165) is 17.4 Å². The largest absolute Gasteiger partial charge is 0.280 e. The van der Waals surface area contributed by atoms with E-state index in [1.807, 2.05) is 6.92 Å². The fraction of sp³-hybridized carbons (Fsp3) is 0.125. The number of aryl methyl sites for hydroxylation is 1. The Morgan fingerprint density at radius 2 is 1.74 bits per heavy atom. The molecule has 0 aliphatic carbocycles. The van der Waals surface area contributed by atoms with Crippen molar-refractivity contribution in [3.05, 3.63) is 59.0 Å². The van der Waals surface area contributed by atoms with Gasteiger partial charge in [-0.2, -0.15) is 0 Å². The molecule has 23 heavy (non-hydrogen) atoms. The van der Waals surface area contributed by atoms with Gasteiger partial charge in [0, 0.05) is 5.41 Å². The number of anilines is 1. The molecule has 120 valence electrons. The van der Waals surface area contributed by atoms with Crippen LogP contribution in [-0.2, 0) is 26.3 Å². The Morgan fingerprint density at radius 1 is 1.04 bits per heavy atom. The normalized spacial score (nSPS) is 15.3. The highest BCUT2D eigenvalue weighted by molar-refractivity contribution is 7.95. The third-order valence-corrected chi connectivity index (χ3v) is 6.50. The molecule has 7 heteroatoms. The van der Waals surface area contributed by atoms with Crippen LogP contribution in [-0.4, -0.2) is 16.8 Å². The van der Waals surface area contributed by atoms with Crippen molar-refractivity contribution in [1.29, 1.82) is 0 Å². The first kappa shape index (κ1) is 15.8. The van der Waals surface area contributed by atoms with Crippen LogP contribution >= 0.6 is 0 Å². The second kappa shape index (κ2) is 5.50. The second-order valence-corrected chi connectivity index (χ2v) is 8.69. The molecule has 3 rings (SSSR count). The average Bonchev–Trinajstić information content (AvgIpc) is 2.82. The quantitative estimate of drug-likeness (QED) is 0.920. The molecule has 2 aromatic carbocycles. The van der Waals surface area contributed by atoms with Gasteiger partial charge in [0.15, 0.2) is 0 Å². The summed E-state index contributed by atoms with van der Waals surface area (Å²) >= 11 is 0. The van der Waals surface area contributed by atoms with Gasteiger partial charge in [-0.05, 0) is 47.9 Å². The van der Waals surface area contributed by atoms with Crippen LogP contribution in [0.15, 0.2) is 57.7 Å². The summed E-state index contributed by atoms with van der Waals surface area (Å²) < 4.78 is 50.9. The maximum atomic E-state index is 12.4. The Kier molecular flexibility index (Phi) is 3.77. The highest BCUT2D eigenvalue weighted by atomic mass is 32.2. The number of sulfonamides is 1. The van der Waals surface area contributed by atoms with Crippen molar-refractivity contribution in [1.82, 2.24) is 0 Å². The predicted molar refractivity (Wildman–Crippen MR) is 89.3 cm³/mol. The fourth-order valence-corrected chi connectivity index (χ4v) is 4.61. The lowest BCUT2D eigenvalue weighted by atomic mass is 10.2. The smallest absolute Gasteiger partial charge is 0.261 e. The molecule has 0 atom stereocenters. The number of nitrogens with one attached hydrogen (secondary N) is 1. The standard InChI is InChI=1S/C16H15NO4S2/c1-2-12-3-7-15(8-4-12)23(20,21)17-14-6-5-13-9-10-22(18,19)16(13)11-14/h3-11,17H,2H2,1H3. The van der Waals surface area contributed by atoms with Crippen LogP contribution in [0.25, 0.3) is 6.08 Å². The summed E-state index contributed by atoms with van der Waals surface area (Å²) in [5.74, 6) is 0. The van der Waals surface area contributed by atoms with Crippen LogP contribution in [0.3, 0.4) is 0 Å². The lowest BCUT2D eigenvalue weighted by Crippen LogP contribution is -2.13. The number of fused-ring (bicyclic) bond motifs is 1. The van der Waals surface area contributed by atoms with E-state index in [0.29, 0.717) is 5.56 Å². The number of sulfone groups is 1. The van der Waals surface area contributed by atoms with E-state index in [2.05, 4.69) is 4.72 Å². The van der Waals surface area contributed by atoms with E-state index >= 15 is 0 Å². The summed E-state index contributed by atoms with van der Waals surface area (Å²) in [4.78, 5) is 0.246. The molecule has 0 amide bonds. The van der Waals surface area contributed by atoms with Crippen LogP contribution in [0.5, 0.6) is 0 Å². The fourth-order valence-electron chi connectivity index (χ4n) is 2.34. The monoisotopic (exact) mass is 349 g/mol. The zero-order valence-corrected chi connectivity index (χ0v) is 14.0. The van der Waals surface area contributed by atoms with Crippen molar-refractivity contribution < 1.29 is 16.8 Å². The summed E-state index contributed by atoms with van der Waals surface area (Å²) in [7, 11) is -7.23. The van der Waals surface area contributed by atoms with Gasteiger partial charge in [-0.15, -0.1) is 0 Å². The molecular weight excluding hydrogens is 334 g/mol. The van der Waals surface area contributed by atoms with Crippen molar-refractivity contribution >= 4 is 31.6 Å². The molecule has 0 bridgehead atoms. The summed E-state index contributed by atoms with van der Waals surface area (Å²) in [6.45, 7) is 1.99. The van der Waals surface area contributed by atoms with E-state index in [-0.39, 0.29) is 15.5 Å². The van der Waals surface area contributed by atoms with E-state index in [1.54, 1.807) is 24.3 Å². The van der Waals surface area contributed by atoms with Crippen LogP contribution in [0.2, 0.25) is 0 Å². The van der Waals surface area contributed by atoms with E-state index < -0.39 is 19.9 Å². The van der Waals surface area contributed by atoms with Crippen molar-refractivity contribution in [3.63, 3.8) is 0 Å². The van der Waals surface area contributed by atoms with E-state index in [4.69, 9.17) is 0 Å². The third kappa shape index (κ3) is 3.02. The molecule has 1 aliphatic heterocycles. The van der Waals surface area contributed by atoms with Crippen molar-refractivity contribution in [2.24, 2.45) is 0 Å². The van der Waals surface area contributed by atoms with Gasteiger partial charge in [-0.1, -0.05) is 25.1 Å². The van der Waals surface area contributed by atoms with Crippen molar-refractivity contribution in [2.75, 3.05) is 4.72 Å². The number of hydrogen-bond acceptors (Lipinski definition) is 4. The Labute approximate surface area is 135 Å². The molecule has 1 N–H and O–H groups in total. The summed E-state index contributed by atoms with van der Waals surface area (Å²) in [6, 6.07) is 11.0. The van der Waals surface area contributed by atoms with Gasteiger partial charge in [-0.3, -0.25) is 4.72 Å². The van der Waals surface area contributed by atoms with Crippen molar-refractivity contribution in [3.8, 4) is 0 Å². The topological polar surface area (TPSA) is 80.3 Å². The van der Waals surface area contributed by atoms with Crippen molar-refractivity contribution in [2.45, 2.75) is 23.1 Å². The van der Waals surface area contributed by atoms with Crippen LogP contribution in [0.4, 0.5) is 5.69 Å². The molecule has 1 heterocycles. The number of rotatable bonds is 4. The van der Waals surface area contributed by atoms with Gasteiger partial charge in [0.2, 0.25) is 9.84 Å². The third-order valence-electron chi connectivity index (χ3n) is 3.64. The van der Waals surface area contributed by atoms with E-state index in [9.17, 15) is 16.8 Å².